The lowest BCUT2D eigenvalue weighted by Gasteiger charge is -2.15. The molecule has 0 aliphatic heterocycles. The van der Waals surface area contributed by atoms with E-state index in [4.69, 9.17) is 5.11 Å². The number of hydrogen-bond acceptors (Lipinski definition) is 3. The summed E-state index contributed by atoms with van der Waals surface area (Å²) in [7, 11) is 0. The van der Waals surface area contributed by atoms with Gasteiger partial charge in [-0.1, -0.05) is 6.07 Å². The van der Waals surface area contributed by atoms with Gasteiger partial charge in [0.15, 0.2) is 0 Å². The third-order valence-electron chi connectivity index (χ3n) is 2.83. The maximum absolute atomic E-state index is 12.2. The topological polar surface area (TPSA) is 70.6 Å². The van der Waals surface area contributed by atoms with Crippen molar-refractivity contribution >= 4 is 11.7 Å². The summed E-state index contributed by atoms with van der Waals surface area (Å²) in [6, 6.07) is 4.00. The molecule has 118 valence electrons. The molecule has 1 atom stereocenters. The Morgan fingerprint density at radius 1 is 1.43 bits per heavy atom. The van der Waals surface area contributed by atoms with E-state index in [1.54, 1.807) is 19.1 Å². The standard InChI is InChI=1S/C14H20F2N2O3/c1-9-5-6-11(8-12(9)21-13(15)16)18-14(20)17-10(2)4-3-7-19/h5-6,8,10,13,19H,3-4,7H2,1-2H3,(H2,17,18,20). The molecule has 0 heterocycles. The molecule has 1 aromatic carbocycles. The van der Waals surface area contributed by atoms with Crippen LogP contribution in [0.1, 0.15) is 25.3 Å². The second-order valence-electron chi connectivity index (χ2n) is 4.72. The second-order valence-corrected chi connectivity index (χ2v) is 4.72. The zero-order chi connectivity index (χ0) is 15.8. The van der Waals surface area contributed by atoms with Crippen LogP contribution in [0.25, 0.3) is 0 Å². The zero-order valence-corrected chi connectivity index (χ0v) is 12.0. The highest BCUT2D eigenvalue weighted by molar-refractivity contribution is 5.89. The number of ether oxygens (including phenoxy) is 1. The number of rotatable bonds is 7. The molecule has 0 bridgehead atoms. The molecule has 0 spiro atoms. The molecule has 0 saturated heterocycles. The van der Waals surface area contributed by atoms with Gasteiger partial charge in [0, 0.05) is 24.4 Å². The van der Waals surface area contributed by atoms with E-state index in [2.05, 4.69) is 15.4 Å². The molecule has 0 aliphatic carbocycles. The van der Waals surface area contributed by atoms with Crippen molar-refractivity contribution in [1.82, 2.24) is 5.32 Å². The van der Waals surface area contributed by atoms with Gasteiger partial charge in [-0.25, -0.2) is 4.79 Å². The van der Waals surface area contributed by atoms with Crippen LogP contribution >= 0.6 is 0 Å². The van der Waals surface area contributed by atoms with Gasteiger partial charge in [0.2, 0.25) is 0 Å². The van der Waals surface area contributed by atoms with Gasteiger partial charge in [-0.2, -0.15) is 8.78 Å². The number of aryl methyl sites for hydroxylation is 1. The monoisotopic (exact) mass is 302 g/mol. The van der Waals surface area contributed by atoms with Crippen molar-refractivity contribution in [1.29, 1.82) is 0 Å². The van der Waals surface area contributed by atoms with Gasteiger partial charge in [-0.3, -0.25) is 0 Å². The molecule has 0 radical (unpaired) electrons. The molecule has 2 amide bonds. The van der Waals surface area contributed by atoms with Crippen LogP contribution in [0.3, 0.4) is 0 Å². The Hall–Kier alpha value is -1.89. The molecule has 0 aliphatic rings. The van der Waals surface area contributed by atoms with Crippen molar-refractivity contribution < 1.29 is 23.4 Å². The fourth-order valence-electron chi connectivity index (χ4n) is 1.76. The minimum Gasteiger partial charge on any atom is -0.434 e. The summed E-state index contributed by atoms with van der Waals surface area (Å²) >= 11 is 0. The van der Waals surface area contributed by atoms with Crippen LogP contribution in [-0.2, 0) is 0 Å². The van der Waals surface area contributed by atoms with E-state index in [0.717, 1.165) is 0 Å². The van der Waals surface area contributed by atoms with Crippen LogP contribution in [0.5, 0.6) is 5.75 Å². The van der Waals surface area contributed by atoms with Gasteiger partial charge in [-0.15, -0.1) is 0 Å². The first-order valence-corrected chi connectivity index (χ1v) is 6.66. The van der Waals surface area contributed by atoms with E-state index in [1.807, 2.05) is 6.92 Å². The van der Waals surface area contributed by atoms with Crippen LogP contribution in [0.2, 0.25) is 0 Å². The van der Waals surface area contributed by atoms with Gasteiger partial charge in [-0.05, 0) is 38.3 Å². The summed E-state index contributed by atoms with van der Waals surface area (Å²) in [6.07, 6.45) is 1.25. The number of urea groups is 1. The van der Waals surface area contributed by atoms with E-state index < -0.39 is 12.6 Å². The smallest absolute Gasteiger partial charge is 0.387 e. The molecule has 0 saturated carbocycles. The molecule has 0 aromatic heterocycles. The highest BCUT2D eigenvalue weighted by atomic mass is 19.3. The van der Waals surface area contributed by atoms with Crippen molar-refractivity contribution in [2.45, 2.75) is 39.3 Å². The Kier molecular flexibility index (Phi) is 6.87. The maximum atomic E-state index is 12.2. The summed E-state index contributed by atoms with van der Waals surface area (Å²) in [6.45, 7) is 0.611. The normalized spacial score (nSPS) is 12.1. The third-order valence-corrected chi connectivity index (χ3v) is 2.83. The average Bonchev–Trinajstić information content (AvgIpc) is 2.39. The molecule has 1 rings (SSSR count). The summed E-state index contributed by atoms with van der Waals surface area (Å²) in [5, 5.41) is 14.0. The first-order valence-electron chi connectivity index (χ1n) is 6.66. The van der Waals surface area contributed by atoms with E-state index in [-0.39, 0.29) is 18.4 Å². The minimum atomic E-state index is -2.91. The number of carbonyl (C=O) groups is 1. The lowest BCUT2D eigenvalue weighted by atomic mass is 10.2. The van der Waals surface area contributed by atoms with Crippen LogP contribution in [0, 0.1) is 6.92 Å². The molecule has 0 fully saturated rings. The Morgan fingerprint density at radius 3 is 2.76 bits per heavy atom. The lowest BCUT2D eigenvalue weighted by molar-refractivity contribution is -0.0502. The number of nitrogens with one attached hydrogen (secondary N) is 2. The number of carbonyl (C=O) groups excluding carboxylic acids is 1. The Labute approximate surface area is 122 Å². The Balaban J connectivity index is 2.59. The van der Waals surface area contributed by atoms with Gasteiger partial charge >= 0.3 is 12.6 Å². The largest absolute Gasteiger partial charge is 0.434 e. The summed E-state index contributed by atoms with van der Waals surface area (Å²) in [5.41, 5.74) is 0.917. The van der Waals surface area contributed by atoms with E-state index in [9.17, 15) is 13.6 Å². The maximum Gasteiger partial charge on any atom is 0.387 e. The first-order chi connectivity index (χ1) is 9.92. The fraction of sp³-hybridized carbons (Fsp3) is 0.500. The molecule has 5 nitrogen and oxygen atoms in total. The van der Waals surface area contributed by atoms with E-state index in [0.29, 0.717) is 24.1 Å². The number of alkyl halides is 2. The lowest BCUT2D eigenvalue weighted by Crippen LogP contribution is -2.36. The summed E-state index contributed by atoms with van der Waals surface area (Å²) in [5.74, 6) is 0.0242. The van der Waals surface area contributed by atoms with Crippen LogP contribution < -0.4 is 15.4 Å². The Morgan fingerprint density at radius 2 is 2.14 bits per heavy atom. The van der Waals surface area contributed by atoms with Crippen LogP contribution in [0.15, 0.2) is 18.2 Å². The van der Waals surface area contributed by atoms with Gasteiger partial charge in [0.05, 0.1) is 0 Å². The highest BCUT2D eigenvalue weighted by Crippen LogP contribution is 2.24. The number of anilines is 1. The zero-order valence-electron chi connectivity index (χ0n) is 12.0. The Bertz CT molecular complexity index is 470. The van der Waals surface area contributed by atoms with Crippen LogP contribution in [-0.4, -0.2) is 30.4 Å². The predicted molar refractivity (Wildman–Crippen MR) is 75.7 cm³/mol. The second kappa shape index (κ2) is 8.41. The van der Waals surface area contributed by atoms with Crippen molar-refractivity contribution in [3.05, 3.63) is 23.8 Å². The minimum absolute atomic E-state index is 0.0242. The third kappa shape index (κ3) is 6.40. The van der Waals surface area contributed by atoms with E-state index in [1.165, 1.54) is 6.07 Å². The van der Waals surface area contributed by atoms with Crippen molar-refractivity contribution in [2.24, 2.45) is 0 Å². The number of aliphatic hydroxyl groups is 1. The van der Waals surface area contributed by atoms with Crippen molar-refractivity contribution in [3.63, 3.8) is 0 Å². The van der Waals surface area contributed by atoms with Crippen molar-refractivity contribution in [3.8, 4) is 5.75 Å². The van der Waals surface area contributed by atoms with Crippen molar-refractivity contribution in [2.75, 3.05) is 11.9 Å². The SMILES string of the molecule is Cc1ccc(NC(=O)NC(C)CCCO)cc1OC(F)F. The number of aliphatic hydroxyl groups excluding tert-OH is 1. The molecule has 21 heavy (non-hydrogen) atoms. The molecule has 1 unspecified atom stereocenters. The molecule has 1 aromatic rings. The van der Waals surface area contributed by atoms with Gasteiger partial charge < -0.3 is 20.5 Å². The van der Waals surface area contributed by atoms with Crippen LogP contribution in [0.4, 0.5) is 19.3 Å². The number of amides is 2. The molecular formula is C14H20F2N2O3. The fourth-order valence-corrected chi connectivity index (χ4v) is 1.76. The predicted octanol–water partition coefficient (Wildman–Crippen LogP) is 2.88. The number of hydrogen-bond donors (Lipinski definition) is 3. The summed E-state index contributed by atoms with van der Waals surface area (Å²) < 4.78 is 28.9. The number of benzene rings is 1. The first kappa shape index (κ1) is 17.2. The molecule has 7 heteroatoms. The highest BCUT2D eigenvalue weighted by Gasteiger charge is 2.11. The molecular weight excluding hydrogens is 282 g/mol. The summed E-state index contributed by atoms with van der Waals surface area (Å²) in [4.78, 5) is 11.7. The van der Waals surface area contributed by atoms with Gasteiger partial charge in [0.25, 0.3) is 0 Å². The average molecular weight is 302 g/mol. The van der Waals surface area contributed by atoms with E-state index >= 15 is 0 Å². The molecule has 3 N–H and O–H groups in total. The quantitative estimate of drug-likeness (QED) is 0.725. The van der Waals surface area contributed by atoms with Gasteiger partial charge in [0.1, 0.15) is 5.75 Å². The number of halogens is 2.